The van der Waals surface area contributed by atoms with Crippen LogP contribution >= 0.6 is 0 Å². The summed E-state index contributed by atoms with van der Waals surface area (Å²) in [6.45, 7) is 0. The first-order chi connectivity index (χ1) is 4.45. The van der Waals surface area contributed by atoms with Crippen molar-refractivity contribution in [2.45, 2.75) is 32.1 Å². The third kappa shape index (κ3) is 0.500. The summed E-state index contributed by atoms with van der Waals surface area (Å²) < 4.78 is 0. The molecule has 0 spiro atoms. The molecule has 0 aromatic heterocycles. The molecule has 0 bridgehead atoms. The van der Waals surface area contributed by atoms with Crippen LogP contribution in [0.5, 0.6) is 0 Å². The minimum atomic E-state index is 1.20. The van der Waals surface area contributed by atoms with Gasteiger partial charge in [-0.25, -0.2) is 0 Å². The second kappa shape index (κ2) is 1.36. The summed E-state index contributed by atoms with van der Waals surface area (Å²) in [4.78, 5) is 0. The van der Waals surface area contributed by atoms with Crippen LogP contribution in [0, 0.1) is 23.7 Å². The van der Waals surface area contributed by atoms with Crippen LogP contribution in [-0.2, 0) is 0 Å². The fourth-order valence-electron chi connectivity index (χ4n) is 3.38. The first-order valence-electron chi connectivity index (χ1n) is 4.45. The van der Waals surface area contributed by atoms with Crippen LogP contribution in [0.1, 0.15) is 32.1 Å². The van der Waals surface area contributed by atoms with E-state index in [1.54, 1.807) is 32.1 Å². The van der Waals surface area contributed by atoms with Crippen molar-refractivity contribution in [3.8, 4) is 0 Å². The zero-order valence-electron chi connectivity index (χ0n) is 5.84. The molecule has 3 aliphatic rings. The second-order valence-corrected chi connectivity index (χ2v) is 4.25. The van der Waals surface area contributed by atoms with Crippen molar-refractivity contribution in [2.75, 3.05) is 0 Å². The maximum absolute atomic E-state index is 1.62. The van der Waals surface area contributed by atoms with Gasteiger partial charge in [-0.2, -0.15) is 0 Å². The van der Waals surface area contributed by atoms with Crippen molar-refractivity contribution < 1.29 is 0 Å². The maximum Gasteiger partial charge on any atom is -0.0352 e. The summed E-state index contributed by atoms with van der Waals surface area (Å²) >= 11 is 0. The van der Waals surface area contributed by atoms with E-state index >= 15 is 0 Å². The molecular weight excluding hydrogens is 108 g/mol. The highest BCUT2D eigenvalue weighted by Crippen LogP contribution is 2.62. The molecule has 9 heavy (non-hydrogen) atoms. The lowest BCUT2D eigenvalue weighted by atomic mass is 9.95. The van der Waals surface area contributed by atoms with Gasteiger partial charge in [0.05, 0.1) is 0 Å². The Labute approximate surface area is 56.6 Å². The van der Waals surface area contributed by atoms with Crippen molar-refractivity contribution >= 4 is 0 Å². The van der Waals surface area contributed by atoms with Gasteiger partial charge < -0.3 is 0 Å². The third-order valence-corrected chi connectivity index (χ3v) is 3.85. The molecule has 0 heteroatoms. The van der Waals surface area contributed by atoms with Gasteiger partial charge in [0.25, 0.3) is 0 Å². The Morgan fingerprint density at radius 1 is 0.778 bits per heavy atom. The average Bonchev–Trinajstić information content (AvgIpc) is 2.38. The Hall–Kier alpha value is 0. The van der Waals surface area contributed by atoms with Crippen molar-refractivity contribution in [3.63, 3.8) is 0 Å². The smallest absolute Gasteiger partial charge is 0.0352 e. The standard InChI is InChI=1S/C9H14/c1-2-6-4-7-5-9(7)8(6)3-1/h6-9H,1-5H2/t6-,7-,8-,9+/m1/s1. The molecule has 0 N–H and O–H groups in total. The fraction of sp³-hybridized carbons (Fsp3) is 1.00. The molecule has 0 radical (unpaired) electrons. The van der Waals surface area contributed by atoms with E-state index in [4.69, 9.17) is 0 Å². The molecule has 3 aliphatic carbocycles. The van der Waals surface area contributed by atoms with Gasteiger partial charge in [0.15, 0.2) is 0 Å². The van der Waals surface area contributed by atoms with Crippen LogP contribution < -0.4 is 0 Å². The Bertz CT molecular complexity index is 139. The van der Waals surface area contributed by atoms with Gasteiger partial charge in [-0.3, -0.25) is 0 Å². The summed E-state index contributed by atoms with van der Waals surface area (Å²) in [5.41, 5.74) is 0. The SMILES string of the molecule is C1C[C@@H]2C[C@@H]3C[C@@H]3[C@@H]2C1. The molecule has 3 saturated carbocycles. The van der Waals surface area contributed by atoms with Crippen LogP contribution in [0.25, 0.3) is 0 Å². The molecule has 0 unspecified atom stereocenters. The third-order valence-electron chi connectivity index (χ3n) is 3.85. The lowest BCUT2D eigenvalue weighted by Gasteiger charge is -2.10. The van der Waals surface area contributed by atoms with Gasteiger partial charge in [0.2, 0.25) is 0 Å². The van der Waals surface area contributed by atoms with Gasteiger partial charge in [0, 0.05) is 0 Å². The van der Waals surface area contributed by atoms with E-state index in [9.17, 15) is 0 Å². The molecule has 0 nitrogen and oxygen atoms in total. The molecule has 0 heterocycles. The highest BCUT2D eigenvalue weighted by molar-refractivity contribution is 5.03. The predicted octanol–water partition coefficient (Wildman–Crippen LogP) is 2.44. The Morgan fingerprint density at radius 3 is 2.67 bits per heavy atom. The molecule has 3 fully saturated rings. The lowest BCUT2D eigenvalue weighted by Crippen LogP contribution is -2.02. The predicted molar refractivity (Wildman–Crippen MR) is 37.0 cm³/mol. The van der Waals surface area contributed by atoms with Crippen molar-refractivity contribution in [3.05, 3.63) is 0 Å². The van der Waals surface area contributed by atoms with Gasteiger partial charge in [-0.1, -0.05) is 12.8 Å². The molecule has 0 aliphatic heterocycles. The topological polar surface area (TPSA) is 0 Å². The van der Waals surface area contributed by atoms with Crippen molar-refractivity contribution in [1.29, 1.82) is 0 Å². The number of rotatable bonds is 0. The molecule has 0 saturated heterocycles. The maximum atomic E-state index is 1.62. The largest absolute Gasteiger partial charge is 0.0527 e. The second-order valence-electron chi connectivity index (χ2n) is 4.25. The molecular formula is C9H14. The van der Waals surface area contributed by atoms with E-state index in [0.717, 1.165) is 0 Å². The van der Waals surface area contributed by atoms with Crippen LogP contribution in [0.4, 0.5) is 0 Å². The Morgan fingerprint density at radius 2 is 1.78 bits per heavy atom. The lowest BCUT2D eigenvalue weighted by molar-refractivity contribution is 0.393. The normalized spacial score (nSPS) is 61.3. The minimum Gasteiger partial charge on any atom is -0.0527 e. The first-order valence-corrected chi connectivity index (χ1v) is 4.45. The van der Waals surface area contributed by atoms with E-state index in [2.05, 4.69) is 0 Å². The number of hydrogen-bond acceptors (Lipinski definition) is 0. The average molecular weight is 122 g/mol. The van der Waals surface area contributed by atoms with Crippen LogP contribution in [-0.4, -0.2) is 0 Å². The zero-order chi connectivity index (χ0) is 5.84. The molecule has 50 valence electrons. The molecule has 0 aromatic rings. The number of hydrogen-bond donors (Lipinski definition) is 0. The van der Waals surface area contributed by atoms with Gasteiger partial charge in [-0.05, 0) is 42.9 Å². The van der Waals surface area contributed by atoms with Crippen molar-refractivity contribution in [2.24, 2.45) is 23.7 Å². The van der Waals surface area contributed by atoms with E-state index in [1.807, 2.05) is 0 Å². The van der Waals surface area contributed by atoms with Gasteiger partial charge in [-0.15, -0.1) is 0 Å². The summed E-state index contributed by atoms with van der Waals surface area (Å²) in [5.74, 6) is 4.88. The van der Waals surface area contributed by atoms with Crippen molar-refractivity contribution in [1.82, 2.24) is 0 Å². The van der Waals surface area contributed by atoms with Gasteiger partial charge >= 0.3 is 0 Å². The quantitative estimate of drug-likeness (QED) is 0.463. The van der Waals surface area contributed by atoms with Crippen LogP contribution in [0.3, 0.4) is 0 Å². The molecule has 0 amide bonds. The first kappa shape index (κ1) is 4.76. The van der Waals surface area contributed by atoms with E-state index < -0.39 is 0 Å². The van der Waals surface area contributed by atoms with E-state index in [0.29, 0.717) is 0 Å². The Kier molecular flexibility index (Phi) is 0.717. The number of fused-ring (bicyclic) bond motifs is 3. The molecule has 0 aromatic carbocycles. The molecule has 3 rings (SSSR count). The zero-order valence-corrected chi connectivity index (χ0v) is 5.84. The van der Waals surface area contributed by atoms with Crippen LogP contribution in [0.15, 0.2) is 0 Å². The highest BCUT2D eigenvalue weighted by atomic mass is 14.6. The van der Waals surface area contributed by atoms with E-state index in [-0.39, 0.29) is 0 Å². The summed E-state index contributed by atoms with van der Waals surface area (Å²) in [7, 11) is 0. The minimum absolute atomic E-state index is 1.20. The summed E-state index contributed by atoms with van der Waals surface area (Å²) in [6.07, 6.45) is 7.96. The summed E-state index contributed by atoms with van der Waals surface area (Å²) in [6, 6.07) is 0. The molecule has 4 atom stereocenters. The Balaban J connectivity index is 1.88. The summed E-state index contributed by atoms with van der Waals surface area (Å²) in [5, 5.41) is 0. The monoisotopic (exact) mass is 122 g/mol. The van der Waals surface area contributed by atoms with E-state index in [1.165, 1.54) is 23.7 Å². The van der Waals surface area contributed by atoms with Gasteiger partial charge in [0.1, 0.15) is 0 Å². The van der Waals surface area contributed by atoms with Crippen LogP contribution in [0.2, 0.25) is 0 Å². The fourth-order valence-corrected chi connectivity index (χ4v) is 3.38. The highest BCUT2D eigenvalue weighted by Gasteiger charge is 2.54.